The number of aromatic nitrogens is 1. The first-order valence-electron chi connectivity index (χ1n) is 5.32. The van der Waals surface area contributed by atoms with Crippen LogP contribution in [0.25, 0.3) is 0 Å². The lowest BCUT2D eigenvalue weighted by Crippen LogP contribution is -2.21. The molecule has 0 saturated heterocycles. The fourth-order valence-corrected chi connectivity index (χ4v) is 1.75. The number of ether oxygens (including phenoxy) is 1. The SMILES string of the molecule is COCCCNC(C)c1c(C)noc1C. The van der Waals surface area contributed by atoms with Gasteiger partial charge in [-0.15, -0.1) is 0 Å². The molecule has 15 heavy (non-hydrogen) atoms. The summed E-state index contributed by atoms with van der Waals surface area (Å²) in [5, 5.41) is 7.36. The van der Waals surface area contributed by atoms with E-state index in [0.29, 0.717) is 0 Å². The van der Waals surface area contributed by atoms with Gasteiger partial charge in [-0.2, -0.15) is 0 Å². The first-order chi connectivity index (χ1) is 7.16. The van der Waals surface area contributed by atoms with Crippen LogP contribution in [-0.2, 0) is 4.74 Å². The van der Waals surface area contributed by atoms with E-state index in [1.807, 2.05) is 13.8 Å². The monoisotopic (exact) mass is 212 g/mol. The molecule has 0 bridgehead atoms. The molecule has 0 spiro atoms. The lowest BCUT2D eigenvalue weighted by molar-refractivity contribution is 0.193. The summed E-state index contributed by atoms with van der Waals surface area (Å²) in [6, 6.07) is 0.285. The highest BCUT2D eigenvalue weighted by atomic mass is 16.5. The maximum atomic E-state index is 5.13. The van der Waals surface area contributed by atoms with Gasteiger partial charge in [-0.05, 0) is 33.7 Å². The molecule has 0 aliphatic carbocycles. The predicted octanol–water partition coefficient (Wildman–Crippen LogP) is 1.98. The minimum absolute atomic E-state index is 0.285. The Kier molecular flexibility index (Phi) is 4.78. The first-order valence-corrected chi connectivity index (χ1v) is 5.32. The Bertz CT molecular complexity index is 277. The lowest BCUT2D eigenvalue weighted by Gasteiger charge is -2.13. The van der Waals surface area contributed by atoms with Crippen LogP contribution in [0, 0.1) is 13.8 Å². The van der Waals surface area contributed by atoms with E-state index >= 15 is 0 Å². The highest BCUT2D eigenvalue weighted by Gasteiger charge is 2.15. The molecule has 86 valence electrons. The van der Waals surface area contributed by atoms with Crippen molar-refractivity contribution in [2.24, 2.45) is 0 Å². The van der Waals surface area contributed by atoms with Crippen molar-refractivity contribution in [2.45, 2.75) is 33.2 Å². The number of nitrogens with one attached hydrogen (secondary N) is 1. The highest BCUT2D eigenvalue weighted by molar-refractivity contribution is 5.24. The molecular weight excluding hydrogens is 192 g/mol. The molecule has 1 atom stereocenters. The van der Waals surface area contributed by atoms with E-state index in [-0.39, 0.29) is 6.04 Å². The molecule has 1 heterocycles. The molecule has 0 radical (unpaired) electrons. The third-order valence-corrected chi connectivity index (χ3v) is 2.50. The number of hydrogen-bond acceptors (Lipinski definition) is 4. The second kappa shape index (κ2) is 5.88. The van der Waals surface area contributed by atoms with Gasteiger partial charge in [-0.1, -0.05) is 5.16 Å². The molecule has 1 unspecified atom stereocenters. The summed E-state index contributed by atoms with van der Waals surface area (Å²) in [5.41, 5.74) is 2.15. The molecule has 0 aliphatic heterocycles. The summed E-state index contributed by atoms with van der Waals surface area (Å²) in [5.74, 6) is 0.902. The quantitative estimate of drug-likeness (QED) is 0.732. The summed E-state index contributed by atoms with van der Waals surface area (Å²) in [4.78, 5) is 0. The van der Waals surface area contributed by atoms with Crippen LogP contribution in [-0.4, -0.2) is 25.4 Å². The van der Waals surface area contributed by atoms with Gasteiger partial charge in [0, 0.05) is 25.3 Å². The largest absolute Gasteiger partial charge is 0.385 e. The second-order valence-electron chi connectivity index (χ2n) is 3.76. The van der Waals surface area contributed by atoms with Crippen LogP contribution in [0.2, 0.25) is 0 Å². The average Bonchev–Trinajstić information content (AvgIpc) is 2.53. The van der Waals surface area contributed by atoms with Gasteiger partial charge in [0.1, 0.15) is 5.76 Å². The van der Waals surface area contributed by atoms with Crippen molar-refractivity contribution < 1.29 is 9.26 Å². The van der Waals surface area contributed by atoms with Crippen LogP contribution >= 0.6 is 0 Å². The van der Waals surface area contributed by atoms with Crippen molar-refractivity contribution in [3.8, 4) is 0 Å². The maximum absolute atomic E-state index is 5.13. The van der Waals surface area contributed by atoms with Gasteiger partial charge in [0.25, 0.3) is 0 Å². The van der Waals surface area contributed by atoms with Crippen LogP contribution in [0.4, 0.5) is 0 Å². The molecule has 4 heteroatoms. The van der Waals surface area contributed by atoms with Gasteiger partial charge in [0.15, 0.2) is 0 Å². The van der Waals surface area contributed by atoms with Crippen molar-refractivity contribution in [3.05, 3.63) is 17.0 Å². The summed E-state index contributed by atoms with van der Waals surface area (Å²) in [7, 11) is 1.72. The molecule has 0 amide bonds. The fraction of sp³-hybridized carbons (Fsp3) is 0.727. The molecule has 1 rings (SSSR count). The third kappa shape index (κ3) is 3.32. The zero-order chi connectivity index (χ0) is 11.3. The second-order valence-corrected chi connectivity index (χ2v) is 3.76. The summed E-state index contributed by atoms with van der Waals surface area (Å²) >= 11 is 0. The fourth-order valence-electron chi connectivity index (χ4n) is 1.75. The molecule has 4 nitrogen and oxygen atoms in total. The summed E-state index contributed by atoms with van der Waals surface area (Å²) in [6.45, 7) is 7.78. The lowest BCUT2D eigenvalue weighted by atomic mass is 10.1. The van der Waals surface area contributed by atoms with Crippen molar-refractivity contribution >= 4 is 0 Å². The minimum atomic E-state index is 0.285. The smallest absolute Gasteiger partial charge is 0.138 e. The van der Waals surface area contributed by atoms with Gasteiger partial charge in [0.2, 0.25) is 0 Å². The highest BCUT2D eigenvalue weighted by Crippen LogP contribution is 2.20. The van der Waals surface area contributed by atoms with Crippen molar-refractivity contribution in [1.29, 1.82) is 0 Å². The van der Waals surface area contributed by atoms with Crippen LogP contribution in [0.15, 0.2) is 4.52 Å². The molecule has 1 aromatic heterocycles. The van der Waals surface area contributed by atoms with E-state index < -0.39 is 0 Å². The molecule has 0 fully saturated rings. The third-order valence-electron chi connectivity index (χ3n) is 2.50. The van der Waals surface area contributed by atoms with Gasteiger partial charge < -0.3 is 14.6 Å². The van der Waals surface area contributed by atoms with E-state index in [4.69, 9.17) is 9.26 Å². The Morgan fingerprint density at radius 2 is 2.20 bits per heavy atom. The molecule has 0 saturated carbocycles. The number of nitrogens with zero attached hydrogens (tertiary/aromatic N) is 1. The van der Waals surface area contributed by atoms with Gasteiger partial charge in [-0.25, -0.2) is 0 Å². The molecular formula is C11H20N2O2. The van der Waals surface area contributed by atoms with E-state index in [1.165, 1.54) is 5.56 Å². The normalized spacial score (nSPS) is 13.1. The van der Waals surface area contributed by atoms with Crippen LogP contribution in [0.1, 0.15) is 36.4 Å². The Morgan fingerprint density at radius 1 is 1.47 bits per heavy atom. The van der Waals surface area contributed by atoms with Crippen molar-refractivity contribution in [3.63, 3.8) is 0 Å². The van der Waals surface area contributed by atoms with E-state index in [9.17, 15) is 0 Å². The van der Waals surface area contributed by atoms with Crippen LogP contribution in [0.5, 0.6) is 0 Å². The van der Waals surface area contributed by atoms with E-state index in [0.717, 1.165) is 31.0 Å². The average molecular weight is 212 g/mol. The van der Waals surface area contributed by atoms with Crippen molar-refractivity contribution in [1.82, 2.24) is 10.5 Å². The topological polar surface area (TPSA) is 47.3 Å². The van der Waals surface area contributed by atoms with Gasteiger partial charge in [0.05, 0.1) is 5.69 Å². The Hall–Kier alpha value is -0.870. The number of hydrogen-bond donors (Lipinski definition) is 1. The Labute approximate surface area is 91.0 Å². The van der Waals surface area contributed by atoms with Crippen LogP contribution < -0.4 is 5.32 Å². The molecule has 1 N–H and O–H groups in total. The Morgan fingerprint density at radius 3 is 2.73 bits per heavy atom. The Balaban J connectivity index is 2.43. The van der Waals surface area contributed by atoms with Gasteiger partial charge >= 0.3 is 0 Å². The van der Waals surface area contributed by atoms with Gasteiger partial charge in [-0.3, -0.25) is 0 Å². The molecule has 0 aromatic carbocycles. The van der Waals surface area contributed by atoms with E-state index in [2.05, 4.69) is 17.4 Å². The first kappa shape index (κ1) is 12.2. The summed E-state index contributed by atoms with van der Waals surface area (Å²) in [6.07, 6.45) is 1.02. The molecule has 1 aromatic rings. The number of methoxy groups -OCH3 is 1. The number of aryl methyl sites for hydroxylation is 2. The zero-order valence-corrected chi connectivity index (χ0v) is 9.96. The van der Waals surface area contributed by atoms with Crippen LogP contribution in [0.3, 0.4) is 0 Å². The molecule has 0 aliphatic rings. The van der Waals surface area contributed by atoms with E-state index in [1.54, 1.807) is 7.11 Å². The predicted molar refractivity (Wildman–Crippen MR) is 58.9 cm³/mol. The number of rotatable bonds is 6. The minimum Gasteiger partial charge on any atom is -0.385 e. The maximum Gasteiger partial charge on any atom is 0.138 e. The standard InChI is InChI=1S/C11H20N2O2/c1-8(12-6-5-7-14-4)11-9(2)13-15-10(11)3/h8,12H,5-7H2,1-4H3. The summed E-state index contributed by atoms with van der Waals surface area (Å²) < 4.78 is 10.1. The zero-order valence-electron chi connectivity index (χ0n) is 9.96. The van der Waals surface area contributed by atoms with Crippen molar-refractivity contribution in [2.75, 3.05) is 20.3 Å².